The molecule has 2 aromatic rings. The van der Waals surface area contributed by atoms with Crippen LogP contribution in [0.15, 0.2) is 27.7 Å². The fraction of sp³-hybridized carbons (Fsp3) is 0.400. The minimum absolute atomic E-state index is 0.0833. The van der Waals surface area contributed by atoms with Crippen molar-refractivity contribution in [2.75, 3.05) is 27.2 Å². The summed E-state index contributed by atoms with van der Waals surface area (Å²) < 4.78 is 31.2. The lowest BCUT2D eigenvalue weighted by molar-refractivity contribution is 0.315. The first-order valence-corrected chi connectivity index (χ1v) is 6.85. The third-order valence-corrected chi connectivity index (χ3v) is 3.88. The number of rotatable bonds is 5. The second-order valence-electron chi connectivity index (χ2n) is 4.09. The summed E-state index contributed by atoms with van der Waals surface area (Å²) in [5, 5.41) is 7.23. The van der Waals surface area contributed by atoms with Crippen LogP contribution in [0.5, 0.6) is 0 Å². The van der Waals surface area contributed by atoms with E-state index in [-0.39, 0.29) is 10.4 Å². The lowest BCUT2D eigenvalue weighted by atomic mass is 10.3. The summed E-state index contributed by atoms with van der Waals surface area (Å²) in [7, 11) is 0.152. The van der Waals surface area contributed by atoms with Crippen LogP contribution in [0.1, 0.15) is 0 Å². The van der Waals surface area contributed by atoms with E-state index in [0.29, 0.717) is 18.6 Å². The molecule has 0 atom stereocenters. The van der Waals surface area contributed by atoms with Crippen molar-refractivity contribution < 1.29 is 13.0 Å². The molecule has 0 bridgehead atoms. The summed E-state index contributed by atoms with van der Waals surface area (Å²) in [5.74, 6) is 0. The van der Waals surface area contributed by atoms with Crippen LogP contribution in [-0.4, -0.2) is 50.8 Å². The van der Waals surface area contributed by atoms with Gasteiger partial charge in [-0.15, -0.1) is 0 Å². The van der Waals surface area contributed by atoms with Crippen molar-refractivity contribution in [3.8, 4) is 0 Å². The molecule has 0 saturated carbocycles. The Morgan fingerprint density at radius 1 is 1.33 bits per heavy atom. The number of hydrogen-bond donors (Lipinski definition) is 1. The summed E-state index contributed by atoms with van der Waals surface area (Å²) in [6.07, 6.45) is 0. The molecule has 1 N–H and O–H groups in total. The fourth-order valence-electron chi connectivity index (χ4n) is 1.48. The molecule has 0 aliphatic heterocycles. The third-order valence-electron chi connectivity index (χ3n) is 2.39. The first-order chi connectivity index (χ1) is 8.50. The number of aromatic nitrogens is 2. The third kappa shape index (κ3) is 2.66. The molecule has 0 fully saturated rings. The highest BCUT2D eigenvalue weighted by atomic mass is 32.2. The van der Waals surface area contributed by atoms with Gasteiger partial charge in [0.15, 0.2) is 5.52 Å². The predicted molar refractivity (Wildman–Crippen MR) is 65.5 cm³/mol. The zero-order chi connectivity index (χ0) is 13.2. The van der Waals surface area contributed by atoms with E-state index >= 15 is 0 Å². The van der Waals surface area contributed by atoms with Gasteiger partial charge in [-0.3, -0.25) is 0 Å². The van der Waals surface area contributed by atoms with Crippen LogP contribution in [0.25, 0.3) is 11.0 Å². The van der Waals surface area contributed by atoms with Crippen molar-refractivity contribution in [3.63, 3.8) is 0 Å². The molecule has 1 aromatic carbocycles. The van der Waals surface area contributed by atoms with Gasteiger partial charge in [0.2, 0.25) is 10.0 Å². The summed E-state index contributed by atoms with van der Waals surface area (Å²) in [6.45, 7) is 0.948. The van der Waals surface area contributed by atoms with Crippen LogP contribution in [0.2, 0.25) is 0 Å². The van der Waals surface area contributed by atoms with E-state index in [2.05, 4.69) is 19.7 Å². The van der Waals surface area contributed by atoms with E-state index in [4.69, 9.17) is 0 Å². The number of nitrogens with one attached hydrogen (secondary N) is 1. The zero-order valence-corrected chi connectivity index (χ0v) is 10.9. The van der Waals surface area contributed by atoms with Gasteiger partial charge >= 0.3 is 0 Å². The van der Waals surface area contributed by atoms with E-state index in [1.807, 2.05) is 19.0 Å². The standard InChI is InChI=1S/C10H14N4O3S/c1-14(2)7-6-11-18(15,16)9-5-3-4-8-10(9)13-17-12-8/h3-5,11H,6-7H2,1-2H3. The summed E-state index contributed by atoms with van der Waals surface area (Å²) in [4.78, 5) is 1.97. The second-order valence-corrected chi connectivity index (χ2v) is 5.82. The van der Waals surface area contributed by atoms with Gasteiger partial charge in [-0.1, -0.05) is 6.07 Å². The first kappa shape index (κ1) is 12.9. The minimum atomic E-state index is -3.59. The van der Waals surface area contributed by atoms with Crippen molar-refractivity contribution in [1.29, 1.82) is 0 Å². The Labute approximate surface area is 105 Å². The average molecular weight is 270 g/mol. The highest BCUT2D eigenvalue weighted by molar-refractivity contribution is 7.89. The quantitative estimate of drug-likeness (QED) is 0.826. The second kappa shape index (κ2) is 5.01. The highest BCUT2D eigenvalue weighted by Gasteiger charge is 2.19. The van der Waals surface area contributed by atoms with Gasteiger partial charge in [0.05, 0.1) is 0 Å². The maximum absolute atomic E-state index is 12.1. The van der Waals surface area contributed by atoms with Crippen LogP contribution >= 0.6 is 0 Å². The van der Waals surface area contributed by atoms with Crippen molar-refractivity contribution in [2.45, 2.75) is 4.90 Å². The van der Waals surface area contributed by atoms with E-state index < -0.39 is 10.0 Å². The average Bonchev–Trinajstić information content (AvgIpc) is 2.75. The molecular formula is C10H14N4O3S. The topological polar surface area (TPSA) is 88.3 Å². The first-order valence-electron chi connectivity index (χ1n) is 5.36. The van der Waals surface area contributed by atoms with Crippen LogP contribution in [0.4, 0.5) is 0 Å². The lowest BCUT2D eigenvalue weighted by Gasteiger charge is -2.10. The zero-order valence-electron chi connectivity index (χ0n) is 10.1. The number of fused-ring (bicyclic) bond motifs is 1. The molecule has 7 nitrogen and oxygen atoms in total. The number of hydrogen-bond acceptors (Lipinski definition) is 6. The molecule has 0 amide bonds. The molecule has 0 saturated heterocycles. The van der Waals surface area contributed by atoms with Crippen LogP contribution < -0.4 is 4.72 Å². The Balaban J connectivity index is 2.27. The molecule has 0 aliphatic carbocycles. The van der Waals surface area contributed by atoms with Gasteiger partial charge in [-0.25, -0.2) is 17.8 Å². The highest BCUT2D eigenvalue weighted by Crippen LogP contribution is 2.19. The molecule has 0 unspecified atom stereocenters. The van der Waals surface area contributed by atoms with Crippen LogP contribution in [0, 0.1) is 0 Å². The maximum Gasteiger partial charge on any atom is 0.242 e. The van der Waals surface area contributed by atoms with Crippen molar-refractivity contribution in [3.05, 3.63) is 18.2 Å². The summed E-state index contributed by atoms with van der Waals surface area (Å²) in [5.41, 5.74) is 0.667. The summed E-state index contributed by atoms with van der Waals surface area (Å²) in [6, 6.07) is 4.72. The Morgan fingerprint density at radius 2 is 2.11 bits per heavy atom. The van der Waals surface area contributed by atoms with Crippen LogP contribution in [0.3, 0.4) is 0 Å². The van der Waals surface area contributed by atoms with Gasteiger partial charge in [-0.2, -0.15) is 0 Å². The SMILES string of the molecule is CN(C)CCNS(=O)(=O)c1cccc2nonc12. The molecule has 0 spiro atoms. The molecule has 18 heavy (non-hydrogen) atoms. The van der Waals surface area contributed by atoms with E-state index in [9.17, 15) is 8.42 Å². The molecule has 2 rings (SSSR count). The number of nitrogens with zero attached hydrogens (tertiary/aromatic N) is 3. The molecule has 1 aromatic heterocycles. The smallest absolute Gasteiger partial charge is 0.242 e. The van der Waals surface area contributed by atoms with E-state index in [1.54, 1.807) is 12.1 Å². The molecule has 98 valence electrons. The Kier molecular flexibility index (Phi) is 3.60. The normalized spacial score (nSPS) is 12.4. The molecular weight excluding hydrogens is 256 g/mol. The Hall–Kier alpha value is -1.51. The van der Waals surface area contributed by atoms with E-state index in [1.165, 1.54) is 6.07 Å². The molecule has 1 heterocycles. The molecule has 0 radical (unpaired) electrons. The van der Waals surface area contributed by atoms with Gasteiger partial charge in [0, 0.05) is 13.1 Å². The fourth-order valence-corrected chi connectivity index (χ4v) is 2.65. The van der Waals surface area contributed by atoms with Gasteiger partial charge in [0.25, 0.3) is 0 Å². The number of benzene rings is 1. The van der Waals surface area contributed by atoms with Crippen molar-refractivity contribution >= 4 is 21.1 Å². The molecule has 8 heteroatoms. The minimum Gasteiger partial charge on any atom is -0.308 e. The van der Waals surface area contributed by atoms with E-state index in [0.717, 1.165) is 0 Å². The predicted octanol–water partition coefficient (Wildman–Crippen LogP) is 0.0627. The monoisotopic (exact) mass is 270 g/mol. The van der Waals surface area contributed by atoms with Gasteiger partial charge < -0.3 is 4.90 Å². The molecule has 0 aliphatic rings. The number of likely N-dealkylation sites (N-methyl/N-ethyl adjacent to an activating group) is 1. The van der Waals surface area contributed by atoms with Crippen molar-refractivity contribution in [1.82, 2.24) is 19.9 Å². The van der Waals surface area contributed by atoms with Gasteiger partial charge in [0.1, 0.15) is 10.4 Å². The van der Waals surface area contributed by atoms with Crippen LogP contribution in [-0.2, 0) is 10.0 Å². The van der Waals surface area contributed by atoms with Gasteiger partial charge in [-0.05, 0) is 36.5 Å². The summed E-state index contributed by atoms with van der Waals surface area (Å²) >= 11 is 0. The maximum atomic E-state index is 12.1. The Bertz CT molecular complexity index is 635. The largest absolute Gasteiger partial charge is 0.308 e. The lowest BCUT2D eigenvalue weighted by Crippen LogP contribution is -2.31. The number of sulfonamides is 1. The van der Waals surface area contributed by atoms with Crippen molar-refractivity contribution in [2.24, 2.45) is 0 Å². The Morgan fingerprint density at radius 3 is 2.83 bits per heavy atom.